The molecule has 0 aromatic carbocycles. The van der Waals surface area contributed by atoms with Crippen LogP contribution in [-0.4, -0.2) is 29.1 Å². The fourth-order valence-corrected chi connectivity index (χ4v) is 2.02. The zero-order chi connectivity index (χ0) is 14.7. The zero-order valence-corrected chi connectivity index (χ0v) is 13.1. The van der Waals surface area contributed by atoms with Gasteiger partial charge in [0, 0.05) is 6.07 Å². The monoisotopic (exact) mass is 341 g/mol. The second-order valence-electron chi connectivity index (χ2n) is 4.61. The Morgan fingerprint density at radius 3 is 2.85 bits per heavy atom. The van der Waals surface area contributed by atoms with Crippen LogP contribution in [0.15, 0.2) is 31.8 Å². The Morgan fingerprint density at radius 2 is 2.30 bits per heavy atom. The van der Waals surface area contributed by atoms with Gasteiger partial charge in [-0.1, -0.05) is 5.16 Å². The van der Waals surface area contributed by atoms with Gasteiger partial charge in [-0.3, -0.25) is 9.69 Å². The summed E-state index contributed by atoms with van der Waals surface area (Å²) in [5, 5.41) is 6.44. The first-order valence-electron chi connectivity index (χ1n) is 6.14. The molecular formula is C13H16BrN3O3. The van der Waals surface area contributed by atoms with Gasteiger partial charge in [0.2, 0.25) is 5.91 Å². The fourth-order valence-electron chi connectivity index (χ4n) is 1.68. The van der Waals surface area contributed by atoms with Gasteiger partial charge in [-0.2, -0.15) is 0 Å². The lowest BCUT2D eigenvalue weighted by Gasteiger charge is -2.22. The molecule has 1 atom stereocenters. The first-order chi connectivity index (χ1) is 9.45. The largest absolute Gasteiger partial charge is 0.453 e. The summed E-state index contributed by atoms with van der Waals surface area (Å²) in [6, 6.07) is 5.04. The normalized spacial score (nSPS) is 12.7. The Morgan fingerprint density at radius 1 is 1.55 bits per heavy atom. The summed E-state index contributed by atoms with van der Waals surface area (Å²) >= 11 is 3.25. The van der Waals surface area contributed by atoms with E-state index in [1.807, 2.05) is 31.0 Å². The molecule has 0 saturated carbocycles. The van der Waals surface area contributed by atoms with Gasteiger partial charge in [0.15, 0.2) is 10.5 Å². The second-order valence-corrected chi connectivity index (χ2v) is 5.39. The Kier molecular flexibility index (Phi) is 4.61. The number of nitrogens with zero attached hydrogens (tertiary/aromatic N) is 2. The molecule has 2 heterocycles. The number of carbonyl (C=O) groups is 1. The van der Waals surface area contributed by atoms with Crippen LogP contribution in [0.25, 0.3) is 0 Å². The summed E-state index contributed by atoms with van der Waals surface area (Å²) < 4.78 is 11.0. The van der Waals surface area contributed by atoms with Crippen molar-refractivity contribution in [1.29, 1.82) is 0 Å². The van der Waals surface area contributed by atoms with Crippen molar-refractivity contribution in [1.82, 2.24) is 10.1 Å². The molecule has 108 valence electrons. The number of nitrogens with one attached hydrogen (secondary N) is 1. The number of anilines is 1. The smallest absolute Gasteiger partial charge is 0.242 e. The van der Waals surface area contributed by atoms with Crippen molar-refractivity contribution in [3.63, 3.8) is 0 Å². The lowest BCUT2D eigenvalue weighted by molar-refractivity contribution is -0.120. The highest BCUT2D eigenvalue weighted by molar-refractivity contribution is 9.10. The molecule has 0 aliphatic rings. The molecule has 1 amide bonds. The molecule has 6 nitrogen and oxygen atoms in total. The van der Waals surface area contributed by atoms with Gasteiger partial charge in [0.25, 0.3) is 0 Å². The van der Waals surface area contributed by atoms with E-state index in [4.69, 9.17) is 8.94 Å². The summed E-state index contributed by atoms with van der Waals surface area (Å²) in [5.41, 5.74) is 0. The van der Waals surface area contributed by atoms with Gasteiger partial charge in [0.05, 0.1) is 12.6 Å². The average molecular weight is 342 g/mol. The number of hydrogen-bond donors (Lipinski definition) is 1. The molecule has 0 radical (unpaired) electrons. The summed E-state index contributed by atoms with van der Waals surface area (Å²) in [4.78, 5) is 14.0. The van der Waals surface area contributed by atoms with E-state index in [2.05, 4.69) is 26.4 Å². The van der Waals surface area contributed by atoms with Crippen molar-refractivity contribution in [2.24, 2.45) is 0 Å². The van der Waals surface area contributed by atoms with E-state index in [1.165, 1.54) is 0 Å². The molecule has 0 aliphatic carbocycles. The molecule has 20 heavy (non-hydrogen) atoms. The Balaban J connectivity index is 1.92. The molecule has 0 spiro atoms. The van der Waals surface area contributed by atoms with E-state index in [0.29, 0.717) is 22.8 Å². The first-order valence-corrected chi connectivity index (χ1v) is 6.93. The van der Waals surface area contributed by atoms with Gasteiger partial charge >= 0.3 is 0 Å². The van der Waals surface area contributed by atoms with Crippen molar-refractivity contribution < 1.29 is 13.7 Å². The second kappa shape index (κ2) is 6.23. The summed E-state index contributed by atoms with van der Waals surface area (Å²) in [5.74, 6) is 1.72. The van der Waals surface area contributed by atoms with Crippen LogP contribution in [0.3, 0.4) is 0 Å². The predicted molar refractivity (Wildman–Crippen MR) is 77.2 cm³/mol. The lowest BCUT2D eigenvalue weighted by Crippen LogP contribution is -2.39. The molecule has 1 N–H and O–H groups in total. The van der Waals surface area contributed by atoms with Crippen molar-refractivity contribution in [2.75, 3.05) is 12.4 Å². The van der Waals surface area contributed by atoms with Crippen LogP contribution in [0.4, 0.5) is 5.82 Å². The number of aryl methyl sites for hydroxylation is 1. The highest BCUT2D eigenvalue weighted by atomic mass is 79.9. The van der Waals surface area contributed by atoms with Crippen LogP contribution < -0.4 is 5.32 Å². The minimum atomic E-state index is -0.323. The van der Waals surface area contributed by atoms with Crippen LogP contribution in [0.2, 0.25) is 0 Å². The molecule has 0 fully saturated rings. The summed E-state index contributed by atoms with van der Waals surface area (Å²) in [7, 11) is 1.86. The van der Waals surface area contributed by atoms with E-state index >= 15 is 0 Å². The molecule has 2 rings (SSSR count). The minimum absolute atomic E-state index is 0.147. The van der Waals surface area contributed by atoms with Crippen molar-refractivity contribution in [3.05, 3.63) is 34.4 Å². The maximum Gasteiger partial charge on any atom is 0.242 e. The molecule has 2 aromatic rings. The third-order valence-electron chi connectivity index (χ3n) is 2.95. The molecule has 0 saturated heterocycles. The van der Waals surface area contributed by atoms with Crippen molar-refractivity contribution in [2.45, 2.75) is 26.4 Å². The maximum absolute atomic E-state index is 12.1. The molecule has 0 unspecified atom stereocenters. The van der Waals surface area contributed by atoms with Gasteiger partial charge in [-0.15, -0.1) is 0 Å². The van der Waals surface area contributed by atoms with E-state index in [1.54, 1.807) is 13.0 Å². The highest BCUT2D eigenvalue weighted by Crippen LogP contribution is 2.16. The predicted octanol–water partition coefficient (Wildman–Crippen LogP) is 2.80. The van der Waals surface area contributed by atoms with Gasteiger partial charge in [0.1, 0.15) is 11.5 Å². The number of carbonyl (C=O) groups excluding carboxylic acids is 1. The minimum Gasteiger partial charge on any atom is -0.453 e. The maximum atomic E-state index is 12.1. The number of furan rings is 1. The Labute approximate surface area is 125 Å². The number of hydrogen-bond acceptors (Lipinski definition) is 5. The van der Waals surface area contributed by atoms with Crippen LogP contribution >= 0.6 is 15.9 Å². The van der Waals surface area contributed by atoms with Gasteiger partial charge < -0.3 is 14.3 Å². The molecule has 0 bridgehead atoms. The third kappa shape index (κ3) is 3.71. The topological polar surface area (TPSA) is 71.5 Å². The van der Waals surface area contributed by atoms with E-state index < -0.39 is 0 Å². The molecule has 2 aromatic heterocycles. The van der Waals surface area contributed by atoms with Gasteiger partial charge in [-0.05, 0) is 49.0 Å². The third-order valence-corrected chi connectivity index (χ3v) is 3.38. The number of aromatic nitrogens is 1. The van der Waals surface area contributed by atoms with Crippen LogP contribution in [0.5, 0.6) is 0 Å². The number of rotatable bonds is 5. The van der Waals surface area contributed by atoms with Gasteiger partial charge in [-0.25, -0.2) is 0 Å². The summed E-state index contributed by atoms with van der Waals surface area (Å²) in [6.07, 6.45) is 0. The van der Waals surface area contributed by atoms with Crippen molar-refractivity contribution >= 4 is 27.7 Å². The average Bonchev–Trinajstić information content (AvgIpc) is 2.97. The zero-order valence-electron chi connectivity index (χ0n) is 11.5. The first kappa shape index (κ1) is 14.8. The summed E-state index contributed by atoms with van der Waals surface area (Å²) in [6.45, 7) is 4.13. The fraction of sp³-hybridized carbons (Fsp3) is 0.385. The standard InChI is InChI=1S/C13H16BrN3O3/c1-8-6-12(16-20-8)15-13(18)9(2)17(3)7-10-4-5-11(14)19-10/h4-6,9H,7H2,1-3H3,(H,15,16,18)/t9-/m1/s1. The van der Waals surface area contributed by atoms with E-state index in [9.17, 15) is 4.79 Å². The van der Waals surface area contributed by atoms with Crippen LogP contribution in [-0.2, 0) is 11.3 Å². The molecular weight excluding hydrogens is 326 g/mol. The molecule has 0 aliphatic heterocycles. The van der Waals surface area contributed by atoms with E-state index in [0.717, 1.165) is 5.76 Å². The Hall–Kier alpha value is -1.60. The van der Waals surface area contributed by atoms with Crippen LogP contribution in [0, 0.1) is 6.92 Å². The van der Waals surface area contributed by atoms with E-state index in [-0.39, 0.29) is 11.9 Å². The SMILES string of the molecule is Cc1cc(NC(=O)[C@@H](C)N(C)Cc2ccc(Br)o2)no1. The number of halogens is 1. The molecule has 7 heteroatoms. The number of amides is 1. The highest BCUT2D eigenvalue weighted by Gasteiger charge is 2.20. The number of likely N-dealkylation sites (N-methyl/N-ethyl adjacent to an activating group) is 1. The Bertz CT molecular complexity index is 593. The lowest BCUT2D eigenvalue weighted by atomic mass is 10.2. The quantitative estimate of drug-likeness (QED) is 0.905. The van der Waals surface area contributed by atoms with Crippen molar-refractivity contribution in [3.8, 4) is 0 Å². The van der Waals surface area contributed by atoms with Crippen LogP contribution in [0.1, 0.15) is 18.4 Å².